The highest BCUT2D eigenvalue weighted by atomic mass is 16.5. The molecule has 7 nitrogen and oxygen atoms in total. The van der Waals surface area contributed by atoms with E-state index in [4.69, 9.17) is 4.74 Å². The molecule has 0 aliphatic carbocycles. The first-order valence-electron chi connectivity index (χ1n) is 7.09. The molecule has 116 valence electrons. The molecular weight excluding hydrogens is 286 g/mol. The zero-order valence-corrected chi connectivity index (χ0v) is 12.2. The molecule has 2 aliphatic heterocycles. The average Bonchev–Trinajstić information content (AvgIpc) is 2.79. The van der Waals surface area contributed by atoms with E-state index >= 15 is 0 Å². The van der Waals surface area contributed by atoms with Crippen LogP contribution in [0.3, 0.4) is 0 Å². The maximum atomic E-state index is 12.2. The van der Waals surface area contributed by atoms with Gasteiger partial charge in [-0.1, -0.05) is 12.1 Å². The minimum absolute atomic E-state index is 0.00605. The SMILES string of the molecule is COc1ccc(CC(=O)N2CC(N3C(=O)CNC3=O)C2)cc1. The number of hydrogen-bond acceptors (Lipinski definition) is 4. The van der Waals surface area contributed by atoms with Gasteiger partial charge in [-0.15, -0.1) is 0 Å². The first-order chi connectivity index (χ1) is 10.6. The second-order valence-electron chi connectivity index (χ2n) is 5.40. The monoisotopic (exact) mass is 303 g/mol. The van der Waals surface area contributed by atoms with Crippen molar-refractivity contribution in [2.24, 2.45) is 0 Å². The van der Waals surface area contributed by atoms with Crippen LogP contribution in [-0.2, 0) is 16.0 Å². The molecule has 7 heteroatoms. The Hall–Kier alpha value is -2.57. The van der Waals surface area contributed by atoms with Gasteiger partial charge in [-0.25, -0.2) is 4.79 Å². The van der Waals surface area contributed by atoms with Crippen molar-refractivity contribution in [1.29, 1.82) is 0 Å². The van der Waals surface area contributed by atoms with Gasteiger partial charge in [-0.2, -0.15) is 0 Å². The lowest BCUT2D eigenvalue weighted by Gasteiger charge is -2.42. The predicted molar refractivity (Wildman–Crippen MR) is 77.3 cm³/mol. The van der Waals surface area contributed by atoms with Crippen molar-refractivity contribution in [3.8, 4) is 5.75 Å². The minimum Gasteiger partial charge on any atom is -0.497 e. The summed E-state index contributed by atoms with van der Waals surface area (Å²) in [5.74, 6) is 0.518. The molecule has 4 amide bonds. The normalized spacial score (nSPS) is 18.2. The Morgan fingerprint density at radius 2 is 1.95 bits per heavy atom. The number of rotatable bonds is 4. The van der Waals surface area contributed by atoms with E-state index in [0.29, 0.717) is 19.5 Å². The van der Waals surface area contributed by atoms with Crippen LogP contribution in [-0.4, -0.2) is 60.4 Å². The van der Waals surface area contributed by atoms with Crippen molar-refractivity contribution in [1.82, 2.24) is 15.1 Å². The van der Waals surface area contributed by atoms with Crippen LogP contribution in [0.25, 0.3) is 0 Å². The second kappa shape index (κ2) is 5.67. The number of nitrogens with one attached hydrogen (secondary N) is 1. The zero-order chi connectivity index (χ0) is 15.7. The van der Waals surface area contributed by atoms with Crippen LogP contribution in [0.5, 0.6) is 5.75 Å². The molecule has 2 heterocycles. The minimum atomic E-state index is -0.364. The van der Waals surface area contributed by atoms with Gasteiger partial charge in [0.05, 0.1) is 26.1 Å². The first-order valence-corrected chi connectivity index (χ1v) is 7.09. The van der Waals surface area contributed by atoms with Gasteiger partial charge >= 0.3 is 6.03 Å². The third-order valence-corrected chi connectivity index (χ3v) is 3.97. The van der Waals surface area contributed by atoms with Gasteiger partial charge in [0, 0.05) is 13.1 Å². The van der Waals surface area contributed by atoms with E-state index in [1.54, 1.807) is 12.0 Å². The molecule has 2 aliphatic rings. The van der Waals surface area contributed by atoms with E-state index in [1.807, 2.05) is 24.3 Å². The van der Waals surface area contributed by atoms with Crippen molar-refractivity contribution >= 4 is 17.8 Å². The number of carbonyl (C=O) groups is 3. The lowest BCUT2D eigenvalue weighted by atomic mass is 10.0. The highest BCUT2D eigenvalue weighted by Crippen LogP contribution is 2.19. The molecule has 0 bridgehead atoms. The molecule has 1 aromatic rings. The highest BCUT2D eigenvalue weighted by Gasteiger charge is 2.42. The first kappa shape index (κ1) is 14.4. The van der Waals surface area contributed by atoms with Crippen LogP contribution >= 0.6 is 0 Å². The molecule has 0 spiro atoms. The Morgan fingerprint density at radius 3 is 2.50 bits per heavy atom. The largest absolute Gasteiger partial charge is 0.497 e. The standard InChI is InChI=1S/C15H17N3O4/c1-22-12-4-2-10(3-5-12)6-13(19)17-8-11(9-17)18-14(20)7-16-15(18)21/h2-5,11H,6-9H2,1H3,(H,16,21). The van der Waals surface area contributed by atoms with Crippen LogP contribution in [0, 0.1) is 0 Å². The summed E-state index contributed by atoms with van der Waals surface area (Å²) in [7, 11) is 1.59. The molecule has 2 saturated heterocycles. The Labute approximate surface area is 127 Å². The van der Waals surface area contributed by atoms with Gasteiger partial charge in [0.25, 0.3) is 0 Å². The molecule has 3 rings (SSSR count). The smallest absolute Gasteiger partial charge is 0.324 e. The molecule has 1 aromatic carbocycles. The van der Waals surface area contributed by atoms with Gasteiger partial charge in [0.2, 0.25) is 11.8 Å². The highest BCUT2D eigenvalue weighted by molar-refractivity contribution is 6.02. The van der Waals surface area contributed by atoms with Gasteiger partial charge < -0.3 is 15.0 Å². The lowest BCUT2D eigenvalue weighted by molar-refractivity contribution is -0.141. The molecule has 2 fully saturated rings. The van der Waals surface area contributed by atoms with Gasteiger partial charge in [-0.05, 0) is 17.7 Å². The topological polar surface area (TPSA) is 79.0 Å². The molecule has 1 N–H and O–H groups in total. The van der Waals surface area contributed by atoms with Crippen LogP contribution in [0.4, 0.5) is 4.79 Å². The summed E-state index contributed by atoms with van der Waals surface area (Å²) in [5.41, 5.74) is 0.907. The third-order valence-electron chi connectivity index (χ3n) is 3.97. The van der Waals surface area contributed by atoms with Crippen LogP contribution in [0.15, 0.2) is 24.3 Å². The molecule has 0 radical (unpaired) electrons. The summed E-state index contributed by atoms with van der Waals surface area (Å²) in [6.45, 7) is 0.872. The van der Waals surface area contributed by atoms with Crippen molar-refractivity contribution in [2.75, 3.05) is 26.7 Å². The molecule has 0 aromatic heterocycles. The van der Waals surface area contributed by atoms with Crippen LogP contribution in [0.2, 0.25) is 0 Å². The molecular formula is C15H17N3O4. The van der Waals surface area contributed by atoms with Crippen molar-refractivity contribution in [3.05, 3.63) is 29.8 Å². The van der Waals surface area contributed by atoms with Gasteiger partial charge in [0.1, 0.15) is 5.75 Å². The summed E-state index contributed by atoms with van der Waals surface area (Å²) in [4.78, 5) is 38.1. The zero-order valence-electron chi connectivity index (χ0n) is 12.2. The number of amides is 4. The fourth-order valence-corrected chi connectivity index (χ4v) is 2.66. The Kier molecular flexibility index (Phi) is 3.70. The summed E-state index contributed by atoms with van der Waals surface area (Å²) in [5, 5.41) is 2.49. The van der Waals surface area contributed by atoms with E-state index in [-0.39, 0.29) is 30.4 Å². The van der Waals surface area contributed by atoms with E-state index in [0.717, 1.165) is 11.3 Å². The van der Waals surface area contributed by atoms with Gasteiger partial charge in [-0.3, -0.25) is 14.5 Å². The third kappa shape index (κ3) is 2.61. The van der Waals surface area contributed by atoms with Gasteiger partial charge in [0.15, 0.2) is 0 Å². The second-order valence-corrected chi connectivity index (χ2v) is 5.40. The number of carbonyl (C=O) groups excluding carboxylic acids is 3. The van der Waals surface area contributed by atoms with E-state index < -0.39 is 0 Å². The van der Waals surface area contributed by atoms with E-state index in [9.17, 15) is 14.4 Å². The average molecular weight is 303 g/mol. The van der Waals surface area contributed by atoms with E-state index in [1.165, 1.54) is 4.90 Å². The number of likely N-dealkylation sites (tertiary alicyclic amines) is 1. The predicted octanol–water partition coefficient (Wildman–Crippen LogP) is 0.000300. The van der Waals surface area contributed by atoms with Crippen LogP contribution < -0.4 is 10.1 Å². The Morgan fingerprint density at radius 1 is 1.27 bits per heavy atom. The Balaban J connectivity index is 1.52. The maximum Gasteiger partial charge on any atom is 0.324 e. The van der Waals surface area contributed by atoms with Crippen LogP contribution in [0.1, 0.15) is 5.56 Å². The number of nitrogens with zero attached hydrogens (tertiary/aromatic N) is 2. The number of urea groups is 1. The number of ether oxygens (including phenoxy) is 1. The fraction of sp³-hybridized carbons (Fsp3) is 0.400. The lowest BCUT2D eigenvalue weighted by Crippen LogP contribution is -2.62. The number of methoxy groups -OCH3 is 1. The molecule has 0 atom stereocenters. The number of hydrogen-bond donors (Lipinski definition) is 1. The molecule has 22 heavy (non-hydrogen) atoms. The quantitative estimate of drug-likeness (QED) is 0.794. The Bertz CT molecular complexity index is 592. The summed E-state index contributed by atoms with van der Waals surface area (Å²) in [6, 6.07) is 6.77. The molecule has 0 unspecified atom stereocenters. The summed E-state index contributed by atoms with van der Waals surface area (Å²) >= 11 is 0. The number of benzene rings is 1. The number of imide groups is 1. The summed E-state index contributed by atoms with van der Waals surface area (Å²) < 4.78 is 5.07. The fourth-order valence-electron chi connectivity index (χ4n) is 2.66. The van der Waals surface area contributed by atoms with Crippen molar-refractivity contribution in [3.63, 3.8) is 0 Å². The van der Waals surface area contributed by atoms with Crippen molar-refractivity contribution < 1.29 is 19.1 Å². The summed E-state index contributed by atoms with van der Waals surface area (Å²) in [6.07, 6.45) is 0.302. The van der Waals surface area contributed by atoms with Crippen molar-refractivity contribution in [2.45, 2.75) is 12.5 Å². The molecule has 0 saturated carbocycles. The van der Waals surface area contributed by atoms with E-state index in [2.05, 4.69) is 5.32 Å². The maximum absolute atomic E-state index is 12.2.